The number of aliphatic hydroxyl groups excluding tert-OH is 2. The molecule has 554 valence electrons. The van der Waals surface area contributed by atoms with Gasteiger partial charge in [0.2, 0.25) is 11.8 Å². The first-order chi connectivity index (χ1) is 49.2. The number of benzene rings is 4. The lowest BCUT2D eigenvalue weighted by Crippen LogP contribution is -2.59. The summed E-state index contributed by atoms with van der Waals surface area (Å²) in [4.78, 5) is 82.6. The standard InChI is InChI=1S/C37H46FN5O9.C37H46FN5O8/c1-37(2,3)32(40-35(46)49-4)33(45)39-29(18-23-11-13-24(14-12-23)25-9-7-16-43(48)20-25)30(44)21-42(19-26-8-5-6-10-28(26)38)41-36(47)52-31-22-51-34-27(31)15-17-50-34;1-37(2,3)32(41-35(46)48-4)33(45)40-29(18-23-11-13-24(14-12-23)25-9-7-16-39-19-25)30(44)21-43(20-26-8-5-6-10-28(26)38)42-36(47)51-31-22-50-34-27(31)15-17-49-34/h5-14,16,20,27,29-32,34,44H,15,17-19,21-22H2,1-4H3,(H,39,45)(H,40,46)(H,41,47);5-14,16,19,27,29-32,34,44H,15,17-18,20-22H2,1-4H3,(H,40,45)(H,41,46)(H,42,47)/t2*27-,29-,30-,31-,32+,34+/m00/s1. The minimum absolute atomic E-state index is 0.0974. The molecule has 4 saturated heterocycles. The second-order valence-corrected chi connectivity index (χ2v) is 27.8. The Kier molecular flexibility index (Phi) is 27.2. The number of hydrogen-bond acceptors (Lipinski definition) is 20. The van der Waals surface area contributed by atoms with E-state index < -0.39 is 120 Å². The average Bonchev–Trinajstić information content (AvgIpc) is 1.78. The largest absolute Gasteiger partial charge is 0.619 e. The van der Waals surface area contributed by atoms with Crippen LogP contribution in [0.25, 0.3) is 22.3 Å². The van der Waals surface area contributed by atoms with E-state index in [1.165, 1.54) is 48.8 Å². The van der Waals surface area contributed by atoms with Crippen molar-refractivity contribution in [3.8, 4) is 22.3 Å². The van der Waals surface area contributed by atoms with E-state index in [4.69, 9.17) is 37.9 Å². The van der Waals surface area contributed by atoms with Crippen LogP contribution in [0.4, 0.5) is 28.0 Å². The highest BCUT2D eigenvalue weighted by Crippen LogP contribution is 2.35. The Morgan fingerprint density at radius 3 is 1.39 bits per heavy atom. The molecular weight excluding hydrogens is 1340 g/mol. The molecule has 6 heterocycles. The van der Waals surface area contributed by atoms with Gasteiger partial charge in [0.25, 0.3) is 0 Å². The summed E-state index contributed by atoms with van der Waals surface area (Å²) in [7, 11) is 2.40. The SMILES string of the molecule is COC(=O)N[C@H](C(=O)N[C@@H](Cc1ccc(-c2ccc[n+]([O-])c2)cc1)[C@@H](O)CN(Cc1ccccc1F)NC(=O)O[C@H]1CO[C@H]2OCC[C@H]21)C(C)(C)C.COC(=O)N[C@H](C(=O)N[C@@H](Cc1ccc(-c2cccnc2)cc1)[C@@H](O)CN(Cc1ccccc1F)NC(=O)O[C@H]1CO[C@H]2OCC[C@H]21)C(C)(C)C. The normalized spacial score (nSPS) is 20.1. The van der Waals surface area contributed by atoms with Crippen LogP contribution in [0.2, 0.25) is 0 Å². The van der Waals surface area contributed by atoms with Crippen LogP contribution in [0, 0.1) is 39.5 Å². The Bertz CT molecular complexity index is 3800. The summed E-state index contributed by atoms with van der Waals surface area (Å²) >= 11 is 0. The summed E-state index contributed by atoms with van der Waals surface area (Å²) in [5.74, 6) is -2.35. The summed E-state index contributed by atoms with van der Waals surface area (Å²) in [6.45, 7) is 11.3. The number of alkyl carbamates (subject to hydrolysis) is 2. The van der Waals surface area contributed by atoms with Crippen molar-refractivity contribution in [2.24, 2.45) is 22.7 Å². The van der Waals surface area contributed by atoms with Crippen molar-refractivity contribution in [3.63, 3.8) is 0 Å². The average molecular weight is 1430 g/mol. The lowest BCUT2D eigenvalue weighted by molar-refractivity contribution is -0.604. The molecule has 0 radical (unpaired) electrons. The van der Waals surface area contributed by atoms with Gasteiger partial charge in [-0.15, -0.1) is 0 Å². The predicted octanol–water partition coefficient (Wildman–Crippen LogP) is 7.14. The van der Waals surface area contributed by atoms with Crippen LogP contribution in [0.3, 0.4) is 0 Å². The number of nitrogens with zero attached hydrogens (tertiary/aromatic N) is 4. The monoisotopic (exact) mass is 1430 g/mol. The van der Waals surface area contributed by atoms with Gasteiger partial charge in [-0.05, 0) is 88.6 Å². The number of nitrogens with one attached hydrogen (secondary N) is 6. The number of amides is 6. The molecule has 12 atom stereocenters. The van der Waals surface area contributed by atoms with Gasteiger partial charge >= 0.3 is 24.4 Å². The number of hydrazine groups is 2. The van der Waals surface area contributed by atoms with E-state index in [0.717, 1.165) is 27.8 Å². The van der Waals surface area contributed by atoms with Gasteiger partial charge < -0.3 is 74.6 Å². The van der Waals surface area contributed by atoms with Crippen molar-refractivity contribution >= 4 is 36.2 Å². The van der Waals surface area contributed by atoms with Gasteiger partial charge in [-0.3, -0.25) is 25.4 Å². The molecule has 4 aliphatic rings. The van der Waals surface area contributed by atoms with Gasteiger partial charge in [-0.2, -0.15) is 4.73 Å². The van der Waals surface area contributed by atoms with E-state index in [2.05, 4.69) is 37.1 Å². The lowest BCUT2D eigenvalue weighted by atomic mass is 9.85. The first-order valence-electron chi connectivity index (χ1n) is 34.0. The minimum atomic E-state index is -1.34. The van der Waals surface area contributed by atoms with E-state index in [-0.39, 0.29) is 75.2 Å². The molecule has 103 heavy (non-hydrogen) atoms. The predicted molar refractivity (Wildman–Crippen MR) is 369 cm³/mol. The van der Waals surface area contributed by atoms with Crippen molar-refractivity contribution in [2.45, 2.75) is 141 Å². The fourth-order valence-electron chi connectivity index (χ4n) is 12.5. The quantitative estimate of drug-likeness (QED) is 0.0116. The third-order valence-electron chi connectivity index (χ3n) is 18.1. The molecule has 4 aromatic carbocycles. The molecule has 29 heteroatoms. The number of ether oxygens (including phenoxy) is 8. The summed E-state index contributed by atoms with van der Waals surface area (Å²) in [5, 5.41) is 49.1. The van der Waals surface area contributed by atoms with Crippen molar-refractivity contribution in [1.82, 2.24) is 47.1 Å². The number of rotatable bonds is 26. The van der Waals surface area contributed by atoms with E-state index in [1.807, 2.05) is 60.7 Å². The highest BCUT2D eigenvalue weighted by atomic mass is 19.1. The number of aromatic nitrogens is 2. The molecular formula is C74H92F2N10O17. The molecule has 4 fully saturated rings. The zero-order valence-corrected chi connectivity index (χ0v) is 58.8. The Hall–Kier alpha value is -9.46. The molecule has 2 aromatic heterocycles. The molecule has 0 bridgehead atoms. The van der Waals surface area contributed by atoms with Gasteiger partial charge in [-0.25, -0.2) is 38.0 Å². The van der Waals surface area contributed by atoms with Crippen LogP contribution < -0.4 is 36.8 Å². The topological polar surface area (TPSA) is 335 Å². The number of fused-ring (bicyclic) bond motifs is 2. The van der Waals surface area contributed by atoms with Crippen molar-refractivity contribution in [1.29, 1.82) is 0 Å². The maximum Gasteiger partial charge on any atom is 0.422 e. The van der Waals surface area contributed by atoms with Crippen LogP contribution in [0.1, 0.15) is 76.6 Å². The van der Waals surface area contributed by atoms with E-state index in [0.29, 0.717) is 36.3 Å². The summed E-state index contributed by atoms with van der Waals surface area (Å²) in [5.41, 5.74) is 9.23. The molecule has 6 amide bonds. The van der Waals surface area contributed by atoms with Crippen molar-refractivity contribution in [3.05, 3.63) is 185 Å². The number of carbonyl (C=O) groups excluding carboxylic acids is 6. The first kappa shape index (κ1) is 77.7. The Morgan fingerprint density at radius 2 is 0.990 bits per heavy atom. The van der Waals surface area contributed by atoms with Gasteiger partial charge in [-0.1, -0.05) is 133 Å². The molecule has 0 aliphatic carbocycles. The fraction of sp³-hybridized carbons (Fsp3) is 0.459. The van der Waals surface area contributed by atoms with Gasteiger partial charge in [0.15, 0.2) is 25.0 Å². The summed E-state index contributed by atoms with van der Waals surface area (Å²) < 4.78 is 73.5. The minimum Gasteiger partial charge on any atom is -0.619 e. The van der Waals surface area contributed by atoms with Crippen LogP contribution >= 0.6 is 0 Å². The molecule has 0 unspecified atom stereocenters. The summed E-state index contributed by atoms with van der Waals surface area (Å²) in [6, 6.07) is 30.3. The first-order valence-corrected chi connectivity index (χ1v) is 34.0. The Labute approximate surface area is 596 Å². The number of methoxy groups -OCH3 is 2. The van der Waals surface area contributed by atoms with Crippen LogP contribution in [0.15, 0.2) is 146 Å². The Morgan fingerprint density at radius 1 is 0.563 bits per heavy atom. The highest BCUT2D eigenvalue weighted by Gasteiger charge is 2.46. The smallest absolute Gasteiger partial charge is 0.422 e. The molecule has 8 N–H and O–H groups in total. The zero-order chi connectivity index (χ0) is 74.0. The van der Waals surface area contributed by atoms with Gasteiger partial charge in [0, 0.05) is 61.3 Å². The number of halogens is 2. The zero-order valence-electron chi connectivity index (χ0n) is 58.8. The van der Waals surface area contributed by atoms with Crippen molar-refractivity contribution in [2.75, 3.05) is 53.7 Å². The van der Waals surface area contributed by atoms with Crippen LogP contribution in [-0.2, 0) is 73.4 Å². The van der Waals surface area contributed by atoms with Crippen LogP contribution in [0.5, 0.6) is 0 Å². The number of hydrogen-bond donors (Lipinski definition) is 8. The number of pyridine rings is 2. The molecule has 10 rings (SSSR count). The second-order valence-electron chi connectivity index (χ2n) is 27.8. The fourth-order valence-corrected chi connectivity index (χ4v) is 12.5. The molecule has 6 aromatic rings. The second kappa shape index (κ2) is 36.1. The number of aliphatic hydroxyl groups is 2. The highest BCUT2D eigenvalue weighted by molar-refractivity contribution is 5.87. The molecule has 0 spiro atoms. The lowest BCUT2D eigenvalue weighted by Gasteiger charge is -2.34. The van der Waals surface area contributed by atoms with Crippen LogP contribution in [-0.4, -0.2) is 176 Å². The maximum atomic E-state index is 14.8. The van der Waals surface area contributed by atoms with Gasteiger partial charge in [0.1, 0.15) is 35.9 Å². The van der Waals surface area contributed by atoms with Gasteiger partial charge in [0.05, 0.1) is 76.8 Å². The third-order valence-corrected chi connectivity index (χ3v) is 18.1. The van der Waals surface area contributed by atoms with E-state index >= 15 is 0 Å². The summed E-state index contributed by atoms with van der Waals surface area (Å²) in [6.07, 6.45) is 0.149. The molecule has 4 aliphatic heterocycles. The molecule has 27 nitrogen and oxygen atoms in total. The molecule has 0 saturated carbocycles. The third kappa shape index (κ3) is 22.3. The number of carbonyl (C=O) groups is 6. The Balaban J connectivity index is 0.000000239. The van der Waals surface area contributed by atoms with Crippen molar-refractivity contribution < 1.29 is 90.4 Å². The van der Waals surface area contributed by atoms with E-state index in [1.54, 1.807) is 102 Å². The van der Waals surface area contributed by atoms with E-state index in [9.17, 15) is 53.0 Å². The maximum absolute atomic E-state index is 14.8.